The fraction of sp³-hybridized carbons (Fsp3) is 0.308. The van der Waals surface area contributed by atoms with Crippen molar-refractivity contribution in [2.24, 2.45) is 5.41 Å². The number of thioether (sulfide) groups is 1. The third-order valence-electron chi connectivity index (χ3n) is 7.06. The minimum absolute atomic E-state index is 0.0956. The number of rotatable bonds is 2. The third-order valence-corrected chi connectivity index (χ3v) is 9.04. The van der Waals surface area contributed by atoms with E-state index in [4.69, 9.17) is 0 Å². The molecule has 0 amide bonds. The fourth-order valence-corrected chi connectivity index (χ4v) is 7.05. The van der Waals surface area contributed by atoms with Gasteiger partial charge in [0.25, 0.3) is 0 Å². The second kappa shape index (κ2) is 5.90. The molecule has 2 aliphatic heterocycles. The standard InChI is InChI=1S/C26H27NS/c1-24(2)23-21-17-11-12-18-22(21)26(28-25(24,3)4,19-13-7-5-8-14-19)27(23)20-15-9-6-10-16-20/h5-18,23H,1-4H3. The van der Waals surface area contributed by atoms with E-state index in [1.165, 1.54) is 22.4 Å². The Hall–Kier alpha value is -2.19. The summed E-state index contributed by atoms with van der Waals surface area (Å²) in [5.74, 6) is 0. The fourth-order valence-electron chi connectivity index (χ4n) is 5.08. The monoisotopic (exact) mass is 385 g/mol. The van der Waals surface area contributed by atoms with Gasteiger partial charge < -0.3 is 4.90 Å². The molecule has 2 unspecified atom stereocenters. The second-order valence-corrected chi connectivity index (χ2v) is 10.9. The molecule has 2 aliphatic rings. The van der Waals surface area contributed by atoms with Crippen molar-refractivity contribution in [3.05, 3.63) is 102 Å². The van der Waals surface area contributed by atoms with Crippen LogP contribution in [-0.4, -0.2) is 4.75 Å². The van der Waals surface area contributed by atoms with Gasteiger partial charge in [-0.25, -0.2) is 0 Å². The minimum atomic E-state index is -0.219. The van der Waals surface area contributed by atoms with Gasteiger partial charge in [0.1, 0.15) is 4.87 Å². The number of para-hydroxylation sites is 1. The average molecular weight is 386 g/mol. The lowest BCUT2D eigenvalue weighted by Gasteiger charge is -2.60. The summed E-state index contributed by atoms with van der Waals surface area (Å²) in [5.41, 5.74) is 5.67. The predicted molar refractivity (Wildman–Crippen MR) is 121 cm³/mol. The molecule has 2 heterocycles. The third kappa shape index (κ3) is 2.16. The van der Waals surface area contributed by atoms with Crippen LogP contribution in [0.5, 0.6) is 0 Å². The van der Waals surface area contributed by atoms with Gasteiger partial charge in [-0.05, 0) is 42.7 Å². The van der Waals surface area contributed by atoms with Crippen LogP contribution in [0.15, 0.2) is 84.9 Å². The summed E-state index contributed by atoms with van der Waals surface area (Å²) in [5, 5.41) is 0. The van der Waals surface area contributed by atoms with Crippen LogP contribution in [0.2, 0.25) is 0 Å². The molecule has 3 aromatic carbocycles. The van der Waals surface area contributed by atoms with Crippen LogP contribution in [0.25, 0.3) is 0 Å². The molecule has 1 saturated heterocycles. The van der Waals surface area contributed by atoms with E-state index in [1.54, 1.807) is 0 Å². The molecule has 0 radical (unpaired) electrons. The van der Waals surface area contributed by atoms with Crippen LogP contribution in [0.1, 0.15) is 50.4 Å². The summed E-state index contributed by atoms with van der Waals surface area (Å²) < 4.78 is 0.109. The number of benzene rings is 3. The lowest BCUT2D eigenvalue weighted by molar-refractivity contribution is 0.201. The summed E-state index contributed by atoms with van der Waals surface area (Å²) in [6, 6.07) is 31.5. The average Bonchev–Trinajstić information content (AvgIpc) is 2.97. The highest BCUT2D eigenvalue weighted by molar-refractivity contribution is 8.02. The summed E-state index contributed by atoms with van der Waals surface area (Å²) in [6.45, 7) is 9.74. The second-order valence-electron chi connectivity index (χ2n) is 9.04. The maximum atomic E-state index is 2.70. The molecule has 1 fully saturated rings. The molecule has 5 rings (SSSR count). The quantitative estimate of drug-likeness (QED) is 0.467. The molecule has 2 bridgehead atoms. The van der Waals surface area contributed by atoms with Crippen molar-refractivity contribution in [1.29, 1.82) is 0 Å². The van der Waals surface area contributed by atoms with Crippen molar-refractivity contribution < 1.29 is 0 Å². The minimum Gasteiger partial charge on any atom is -0.341 e. The van der Waals surface area contributed by atoms with Crippen molar-refractivity contribution in [3.63, 3.8) is 0 Å². The Balaban J connectivity index is 1.89. The lowest BCUT2D eigenvalue weighted by atomic mass is 9.71. The molecule has 28 heavy (non-hydrogen) atoms. The van der Waals surface area contributed by atoms with Gasteiger partial charge in [-0.1, -0.05) is 86.6 Å². The van der Waals surface area contributed by atoms with Crippen molar-refractivity contribution in [1.82, 2.24) is 0 Å². The molecule has 0 aromatic heterocycles. The highest BCUT2D eigenvalue weighted by Gasteiger charge is 2.65. The topological polar surface area (TPSA) is 3.24 Å². The normalized spacial score (nSPS) is 26.7. The predicted octanol–water partition coefficient (Wildman–Crippen LogP) is 7.00. The van der Waals surface area contributed by atoms with E-state index >= 15 is 0 Å². The summed E-state index contributed by atoms with van der Waals surface area (Å²) in [7, 11) is 0. The molecule has 0 aliphatic carbocycles. The van der Waals surface area contributed by atoms with Crippen LogP contribution in [-0.2, 0) is 4.87 Å². The molecular formula is C26H27NS. The van der Waals surface area contributed by atoms with Gasteiger partial charge >= 0.3 is 0 Å². The van der Waals surface area contributed by atoms with Crippen molar-refractivity contribution >= 4 is 17.4 Å². The summed E-state index contributed by atoms with van der Waals surface area (Å²) in [4.78, 5) is 2.48. The van der Waals surface area contributed by atoms with Crippen LogP contribution in [0, 0.1) is 5.41 Å². The van der Waals surface area contributed by atoms with E-state index in [-0.39, 0.29) is 15.0 Å². The van der Waals surface area contributed by atoms with Gasteiger partial charge in [0.15, 0.2) is 0 Å². The first-order chi connectivity index (χ1) is 13.4. The zero-order chi connectivity index (χ0) is 19.6. The van der Waals surface area contributed by atoms with Gasteiger partial charge in [-0.2, -0.15) is 0 Å². The zero-order valence-electron chi connectivity index (χ0n) is 17.0. The highest BCUT2D eigenvalue weighted by atomic mass is 32.2. The van der Waals surface area contributed by atoms with E-state index in [0.29, 0.717) is 6.04 Å². The van der Waals surface area contributed by atoms with E-state index in [2.05, 4.69) is 129 Å². The van der Waals surface area contributed by atoms with Crippen molar-refractivity contribution in [2.75, 3.05) is 4.90 Å². The molecule has 0 saturated carbocycles. The van der Waals surface area contributed by atoms with E-state index in [1.807, 2.05) is 0 Å². The Bertz CT molecular complexity index is 1010. The van der Waals surface area contributed by atoms with Crippen LogP contribution < -0.4 is 4.90 Å². The first kappa shape index (κ1) is 17.9. The molecule has 2 heteroatoms. The smallest absolute Gasteiger partial charge is 0.139 e. The van der Waals surface area contributed by atoms with E-state index in [9.17, 15) is 0 Å². The first-order valence-corrected chi connectivity index (χ1v) is 10.9. The number of fused-ring (bicyclic) bond motifs is 5. The SMILES string of the molecule is CC1(C)SC2(c3ccccc3)c3ccccc3C(N2c2ccccc2)C1(C)C. The van der Waals surface area contributed by atoms with Crippen LogP contribution in [0.3, 0.4) is 0 Å². The summed E-state index contributed by atoms with van der Waals surface area (Å²) >= 11 is 2.11. The molecular weight excluding hydrogens is 358 g/mol. The Morgan fingerprint density at radius 3 is 1.96 bits per heavy atom. The van der Waals surface area contributed by atoms with Gasteiger partial charge in [-0.3, -0.25) is 0 Å². The molecule has 1 nitrogen and oxygen atoms in total. The Morgan fingerprint density at radius 2 is 1.29 bits per heavy atom. The summed E-state index contributed by atoms with van der Waals surface area (Å²) in [6.07, 6.45) is 0. The maximum Gasteiger partial charge on any atom is 0.139 e. The number of anilines is 1. The lowest BCUT2D eigenvalue weighted by Crippen LogP contribution is -2.58. The zero-order valence-corrected chi connectivity index (χ0v) is 17.8. The van der Waals surface area contributed by atoms with Crippen molar-refractivity contribution in [3.8, 4) is 0 Å². The highest BCUT2D eigenvalue weighted by Crippen LogP contribution is 2.72. The van der Waals surface area contributed by atoms with E-state index < -0.39 is 0 Å². The number of hydrogen-bond acceptors (Lipinski definition) is 2. The first-order valence-electron chi connectivity index (χ1n) is 10.1. The van der Waals surface area contributed by atoms with Gasteiger partial charge in [-0.15, -0.1) is 11.8 Å². The molecule has 142 valence electrons. The Labute approximate surface area is 172 Å². The number of nitrogens with zero attached hydrogens (tertiary/aromatic N) is 1. The Kier molecular flexibility index (Phi) is 3.77. The molecule has 0 N–H and O–H groups in total. The van der Waals surface area contributed by atoms with Gasteiger partial charge in [0, 0.05) is 15.8 Å². The largest absolute Gasteiger partial charge is 0.341 e. The molecule has 0 spiro atoms. The van der Waals surface area contributed by atoms with E-state index in [0.717, 1.165) is 0 Å². The van der Waals surface area contributed by atoms with Crippen molar-refractivity contribution in [2.45, 2.75) is 43.4 Å². The molecule has 3 aromatic rings. The Morgan fingerprint density at radius 1 is 0.714 bits per heavy atom. The van der Waals surface area contributed by atoms with Gasteiger partial charge in [0.2, 0.25) is 0 Å². The maximum absolute atomic E-state index is 2.70. The molecule has 2 atom stereocenters. The number of hydrogen-bond donors (Lipinski definition) is 0. The van der Waals surface area contributed by atoms with Gasteiger partial charge in [0.05, 0.1) is 6.04 Å². The van der Waals surface area contributed by atoms with Crippen LogP contribution in [0.4, 0.5) is 5.69 Å². The van der Waals surface area contributed by atoms with Crippen LogP contribution >= 0.6 is 11.8 Å².